The lowest BCUT2D eigenvalue weighted by atomic mass is 10.0. The molecule has 22 heavy (non-hydrogen) atoms. The number of hydrogen-bond acceptors (Lipinski definition) is 2. The zero-order chi connectivity index (χ0) is 15.3. The Hall–Kier alpha value is -0.820. The molecule has 0 aliphatic carbocycles. The number of halogens is 1. The summed E-state index contributed by atoms with van der Waals surface area (Å²) in [5.74, 6) is 1.34. The van der Waals surface area contributed by atoms with Gasteiger partial charge in [0, 0.05) is 33.9 Å². The van der Waals surface area contributed by atoms with Gasteiger partial charge in [-0.15, -0.1) is 24.0 Å². The fraction of sp³-hybridized carbons (Fsp3) is 0.588. The van der Waals surface area contributed by atoms with Crippen LogP contribution in [0.4, 0.5) is 0 Å². The van der Waals surface area contributed by atoms with Crippen molar-refractivity contribution in [2.45, 2.75) is 32.1 Å². The summed E-state index contributed by atoms with van der Waals surface area (Å²) in [6.45, 7) is 4.90. The van der Waals surface area contributed by atoms with Gasteiger partial charge in [-0.3, -0.25) is 4.99 Å². The summed E-state index contributed by atoms with van der Waals surface area (Å²) in [4.78, 5) is 4.26. The zero-order valence-electron chi connectivity index (χ0n) is 14.0. The quantitative estimate of drug-likeness (QED) is 0.279. The number of ether oxygens (including phenoxy) is 1. The zero-order valence-corrected chi connectivity index (χ0v) is 16.3. The first-order valence-electron chi connectivity index (χ1n) is 7.76. The van der Waals surface area contributed by atoms with Gasteiger partial charge < -0.3 is 15.4 Å². The molecule has 0 bridgehead atoms. The molecule has 0 spiro atoms. The molecule has 126 valence electrons. The van der Waals surface area contributed by atoms with Crippen LogP contribution in [-0.4, -0.2) is 39.8 Å². The Morgan fingerprint density at radius 1 is 1.14 bits per heavy atom. The maximum Gasteiger partial charge on any atom is 0.190 e. The highest BCUT2D eigenvalue weighted by Gasteiger charge is 2.05. The van der Waals surface area contributed by atoms with E-state index in [0.717, 1.165) is 38.5 Å². The first kappa shape index (κ1) is 21.2. The molecule has 0 amide bonds. The molecule has 1 unspecified atom stereocenters. The van der Waals surface area contributed by atoms with Crippen molar-refractivity contribution in [1.82, 2.24) is 10.6 Å². The smallest absolute Gasteiger partial charge is 0.190 e. The molecule has 0 radical (unpaired) electrons. The predicted molar refractivity (Wildman–Crippen MR) is 105 cm³/mol. The first-order chi connectivity index (χ1) is 10.3. The van der Waals surface area contributed by atoms with Crippen LogP contribution in [0.2, 0.25) is 0 Å². The molecule has 0 aliphatic rings. The SMILES string of the molecule is CN=C(NCCCCCOC)NCC(C)c1ccccc1.I. The Labute approximate surface area is 152 Å². The van der Waals surface area contributed by atoms with E-state index in [2.05, 4.69) is 46.8 Å². The van der Waals surface area contributed by atoms with Crippen LogP contribution in [0.1, 0.15) is 37.7 Å². The maximum atomic E-state index is 5.04. The molecule has 0 aromatic heterocycles. The first-order valence-corrected chi connectivity index (χ1v) is 7.76. The highest BCUT2D eigenvalue weighted by Crippen LogP contribution is 2.12. The third-order valence-corrected chi connectivity index (χ3v) is 3.49. The van der Waals surface area contributed by atoms with Gasteiger partial charge in [0.1, 0.15) is 0 Å². The van der Waals surface area contributed by atoms with Crippen LogP contribution in [0, 0.1) is 0 Å². The molecule has 0 fully saturated rings. The Bertz CT molecular complexity index is 398. The highest BCUT2D eigenvalue weighted by atomic mass is 127. The van der Waals surface area contributed by atoms with Gasteiger partial charge in [-0.05, 0) is 30.7 Å². The summed E-state index contributed by atoms with van der Waals surface area (Å²) in [6, 6.07) is 10.5. The summed E-state index contributed by atoms with van der Waals surface area (Å²) in [5, 5.41) is 6.74. The number of benzene rings is 1. The van der Waals surface area contributed by atoms with E-state index in [9.17, 15) is 0 Å². The predicted octanol–water partition coefficient (Wildman–Crippen LogP) is 3.39. The minimum absolute atomic E-state index is 0. The van der Waals surface area contributed by atoms with Gasteiger partial charge in [0.2, 0.25) is 0 Å². The third kappa shape index (κ3) is 9.25. The van der Waals surface area contributed by atoms with Gasteiger partial charge in [-0.2, -0.15) is 0 Å². The highest BCUT2D eigenvalue weighted by molar-refractivity contribution is 14.0. The molecule has 1 rings (SSSR count). The average molecular weight is 419 g/mol. The molecule has 1 aromatic rings. The topological polar surface area (TPSA) is 45.7 Å². The van der Waals surface area contributed by atoms with Crippen LogP contribution in [0.15, 0.2) is 35.3 Å². The summed E-state index contributed by atoms with van der Waals surface area (Å²) in [5.41, 5.74) is 1.35. The number of rotatable bonds is 9. The van der Waals surface area contributed by atoms with E-state index in [1.807, 2.05) is 13.1 Å². The van der Waals surface area contributed by atoms with E-state index in [1.165, 1.54) is 12.0 Å². The number of methoxy groups -OCH3 is 1. The monoisotopic (exact) mass is 419 g/mol. The third-order valence-electron chi connectivity index (χ3n) is 3.49. The Morgan fingerprint density at radius 3 is 2.50 bits per heavy atom. The Morgan fingerprint density at radius 2 is 1.86 bits per heavy atom. The lowest BCUT2D eigenvalue weighted by molar-refractivity contribution is 0.192. The molecule has 1 atom stereocenters. The summed E-state index contributed by atoms with van der Waals surface area (Å²) >= 11 is 0. The van der Waals surface area contributed by atoms with E-state index in [4.69, 9.17) is 4.74 Å². The van der Waals surface area contributed by atoms with Gasteiger partial charge >= 0.3 is 0 Å². The largest absolute Gasteiger partial charge is 0.385 e. The number of unbranched alkanes of at least 4 members (excludes halogenated alkanes) is 2. The lowest BCUT2D eigenvalue weighted by Crippen LogP contribution is -2.39. The molecule has 0 aliphatic heterocycles. The van der Waals surface area contributed by atoms with Gasteiger partial charge in [0.25, 0.3) is 0 Å². The van der Waals surface area contributed by atoms with Crippen LogP contribution in [0.5, 0.6) is 0 Å². The minimum Gasteiger partial charge on any atom is -0.385 e. The molecular weight excluding hydrogens is 389 g/mol. The normalized spacial score (nSPS) is 12.4. The van der Waals surface area contributed by atoms with Gasteiger partial charge in [-0.1, -0.05) is 37.3 Å². The fourth-order valence-corrected chi connectivity index (χ4v) is 2.12. The molecule has 5 heteroatoms. The molecule has 0 saturated heterocycles. The molecular formula is C17H30IN3O. The fourth-order valence-electron chi connectivity index (χ4n) is 2.12. The Balaban J connectivity index is 0.00000441. The summed E-state index contributed by atoms with van der Waals surface area (Å²) in [7, 11) is 3.56. The lowest BCUT2D eigenvalue weighted by Gasteiger charge is -2.16. The van der Waals surface area contributed by atoms with Gasteiger partial charge in [0.15, 0.2) is 5.96 Å². The second-order valence-electron chi connectivity index (χ2n) is 5.25. The van der Waals surface area contributed by atoms with Crippen LogP contribution < -0.4 is 10.6 Å². The second-order valence-corrected chi connectivity index (χ2v) is 5.25. The number of aliphatic imine (C=N–C) groups is 1. The van der Waals surface area contributed by atoms with Crippen molar-refractivity contribution >= 4 is 29.9 Å². The average Bonchev–Trinajstić information content (AvgIpc) is 2.54. The van der Waals surface area contributed by atoms with E-state index in [0.29, 0.717) is 5.92 Å². The van der Waals surface area contributed by atoms with Gasteiger partial charge in [-0.25, -0.2) is 0 Å². The van der Waals surface area contributed by atoms with Crippen LogP contribution in [0.25, 0.3) is 0 Å². The van der Waals surface area contributed by atoms with Crippen molar-refractivity contribution in [2.75, 3.05) is 33.9 Å². The molecule has 0 heterocycles. The molecule has 0 saturated carbocycles. The van der Waals surface area contributed by atoms with Crippen LogP contribution in [-0.2, 0) is 4.74 Å². The maximum absolute atomic E-state index is 5.04. The van der Waals surface area contributed by atoms with Crippen molar-refractivity contribution in [3.8, 4) is 0 Å². The van der Waals surface area contributed by atoms with Crippen LogP contribution >= 0.6 is 24.0 Å². The minimum atomic E-state index is 0. The Kier molecular flexibility index (Phi) is 13.3. The van der Waals surface area contributed by atoms with Crippen molar-refractivity contribution in [2.24, 2.45) is 4.99 Å². The molecule has 4 nitrogen and oxygen atoms in total. The molecule has 1 aromatic carbocycles. The van der Waals surface area contributed by atoms with Crippen molar-refractivity contribution in [3.05, 3.63) is 35.9 Å². The number of guanidine groups is 1. The van der Waals surface area contributed by atoms with Crippen molar-refractivity contribution in [3.63, 3.8) is 0 Å². The van der Waals surface area contributed by atoms with Crippen LogP contribution in [0.3, 0.4) is 0 Å². The van der Waals surface area contributed by atoms with E-state index in [-0.39, 0.29) is 24.0 Å². The number of nitrogens with one attached hydrogen (secondary N) is 2. The standard InChI is InChI=1S/C17H29N3O.HI/c1-15(16-10-6-4-7-11-16)14-20-17(18-2)19-12-8-5-9-13-21-3;/h4,6-7,10-11,15H,5,8-9,12-14H2,1-3H3,(H2,18,19,20);1H. The summed E-state index contributed by atoms with van der Waals surface area (Å²) in [6.07, 6.45) is 3.44. The number of hydrogen-bond donors (Lipinski definition) is 2. The van der Waals surface area contributed by atoms with E-state index >= 15 is 0 Å². The van der Waals surface area contributed by atoms with Crippen molar-refractivity contribution in [1.29, 1.82) is 0 Å². The van der Waals surface area contributed by atoms with E-state index < -0.39 is 0 Å². The number of nitrogens with zero attached hydrogens (tertiary/aromatic N) is 1. The van der Waals surface area contributed by atoms with Gasteiger partial charge in [0.05, 0.1) is 0 Å². The molecule has 2 N–H and O–H groups in total. The second kappa shape index (κ2) is 13.8. The van der Waals surface area contributed by atoms with E-state index in [1.54, 1.807) is 7.11 Å². The summed E-state index contributed by atoms with van der Waals surface area (Å²) < 4.78 is 5.04. The van der Waals surface area contributed by atoms with Crippen molar-refractivity contribution < 1.29 is 4.74 Å².